The first-order valence-electron chi connectivity index (χ1n) is 6.05. The van der Waals surface area contributed by atoms with Crippen LogP contribution in [0.1, 0.15) is 13.3 Å². The number of allylic oxidation sites excluding steroid dienone is 1. The van der Waals surface area contributed by atoms with Gasteiger partial charge >= 0.3 is 12.1 Å². The minimum Gasteiger partial charge on any atom is -0.478 e. The topological polar surface area (TPSA) is 76.1 Å². The number of fused-ring (bicyclic) bond motifs is 1. The number of amides is 1. The third kappa shape index (κ3) is 2.43. The van der Waals surface area contributed by atoms with Gasteiger partial charge in [-0.25, -0.2) is 9.59 Å². The number of ether oxygens (including phenoxy) is 2. The number of aliphatic carboxylic acids is 1. The van der Waals surface area contributed by atoms with Crippen LogP contribution >= 0.6 is 0 Å². The Morgan fingerprint density at radius 1 is 1.47 bits per heavy atom. The minimum atomic E-state index is -0.990. The van der Waals surface area contributed by atoms with Crippen molar-refractivity contribution in [3.8, 4) is 0 Å². The molecule has 0 fully saturated rings. The van der Waals surface area contributed by atoms with E-state index in [1.165, 1.54) is 11.2 Å². The molecule has 2 rings (SSSR count). The van der Waals surface area contributed by atoms with Crippen LogP contribution in [0.3, 0.4) is 0 Å². The van der Waals surface area contributed by atoms with E-state index in [4.69, 9.17) is 14.6 Å². The second-order valence-corrected chi connectivity index (χ2v) is 4.98. The first kappa shape index (κ1) is 13.5. The van der Waals surface area contributed by atoms with Gasteiger partial charge in [-0.3, -0.25) is 0 Å². The number of carbonyl (C=O) groups is 2. The zero-order valence-corrected chi connectivity index (χ0v) is 11.1. The normalized spacial score (nSPS) is 28.7. The Balaban J connectivity index is 2.21. The molecule has 1 aliphatic heterocycles. The number of hydrogen-bond acceptors (Lipinski definition) is 4. The number of carboxylic acid groups (broad SMARTS) is 1. The second kappa shape index (κ2) is 4.95. The molecule has 0 saturated carbocycles. The van der Waals surface area contributed by atoms with Crippen LogP contribution in [0.2, 0.25) is 0 Å². The Labute approximate surface area is 111 Å². The van der Waals surface area contributed by atoms with Gasteiger partial charge in [-0.15, -0.1) is 0 Å². The maximum Gasteiger partial charge on any atom is 0.412 e. The van der Waals surface area contributed by atoms with Crippen molar-refractivity contribution in [3.63, 3.8) is 0 Å². The zero-order chi connectivity index (χ0) is 14.2. The molecule has 0 aromatic heterocycles. The van der Waals surface area contributed by atoms with Crippen molar-refractivity contribution in [1.29, 1.82) is 0 Å². The largest absolute Gasteiger partial charge is 0.478 e. The van der Waals surface area contributed by atoms with Gasteiger partial charge in [-0.1, -0.05) is 11.6 Å². The standard InChI is InChI=1S/C13H17NO5/c1-7-4-5-8-9(11(15)16)6-18-12(10(7)8)19-13(17)14(2)3/h4,6,8,10,12H,5H2,1-3H3,(H,15,16). The van der Waals surface area contributed by atoms with E-state index in [9.17, 15) is 9.59 Å². The van der Waals surface area contributed by atoms with E-state index in [2.05, 4.69) is 0 Å². The van der Waals surface area contributed by atoms with Crippen LogP contribution in [0.25, 0.3) is 0 Å². The van der Waals surface area contributed by atoms with E-state index in [1.807, 2.05) is 13.0 Å². The molecule has 2 aliphatic rings. The molecule has 0 saturated heterocycles. The van der Waals surface area contributed by atoms with E-state index in [0.29, 0.717) is 6.42 Å². The minimum absolute atomic E-state index is 0.189. The van der Waals surface area contributed by atoms with E-state index < -0.39 is 18.4 Å². The van der Waals surface area contributed by atoms with Crippen molar-refractivity contribution in [3.05, 3.63) is 23.5 Å². The van der Waals surface area contributed by atoms with E-state index in [-0.39, 0.29) is 17.4 Å². The summed E-state index contributed by atoms with van der Waals surface area (Å²) in [5, 5.41) is 9.14. The summed E-state index contributed by atoms with van der Waals surface area (Å²) in [6.45, 7) is 1.90. The molecule has 0 aromatic carbocycles. The molecular formula is C13H17NO5. The maximum absolute atomic E-state index is 11.6. The third-order valence-electron chi connectivity index (χ3n) is 3.50. The van der Waals surface area contributed by atoms with Gasteiger partial charge in [0.1, 0.15) is 0 Å². The molecule has 3 unspecified atom stereocenters. The average molecular weight is 267 g/mol. The van der Waals surface area contributed by atoms with E-state index in [1.54, 1.807) is 14.1 Å². The SMILES string of the molecule is CC1=CCC2C(C(=O)O)=COC(OC(=O)N(C)C)C12. The molecule has 1 amide bonds. The zero-order valence-electron chi connectivity index (χ0n) is 11.1. The highest BCUT2D eigenvalue weighted by Crippen LogP contribution is 2.43. The van der Waals surface area contributed by atoms with Gasteiger partial charge < -0.3 is 19.5 Å². The second-order valence-electron chi connectivity index (χ2n) is 4.98. The molecule has 0 aromatic rings. The smallest absolute Gasteiger partial charge is 0.412 e. The van der Waals surface area contributed by atoms with Crippen LogP contribution < -0.4 is 0 Å². The van der Waals surface area contributed by atoms with Crippen molar-refractivity contribution in [1.82, 2.24) is 4.90 Å². The fraction of sp³-hybridized carbons (Fsp3) is 0.538. The molecule has 0 bridgehead atoms. The van der Waals surface area contributed by atoms with Crippen LogP contribution in [0, 0.1) is 11.8 Å². The molecule has 1 N–H and O–H groups in total. The molecule has 0 spiro atoms. The van der Waals surface area contributed by atoms with Crippen molar-refractivity contribution in [2.24, 2.45) is 11.8 Å². The number of carbonyl (C=O) groups excluding carboxylic acids is 1. The summed E-state index contributed by atoms with van der Waals surface area (Å²) < 4.78 is 10.6. The average Bonchev–Trinajstić information content (AvgIpc) is 2.72. The molecule has 0 radical (unpaired) electrons. The summed E-state index contributed by atoms with van der Waals surface area (Å²) in [6.07, 6.45) is 2.53. The monoisotopic (exact) mass is 267 g/mol. The van der Waals surface area contributed by atoms with E-state index in [0.717, 1.165) is 5.57 Å². The molecule has 6 nitrogen and oxygen atoms in total. The van der Waals surface area contributed by atoms with Gasteiger partial charge in [0.05, 0.1) is 17.8 Å². The van der Waals surface area contributed by atoms with Gasteiger partial charge in [-0.2, -0.15) is 0 Å². The summed E-state index contributed by atoms with van der Waals surface area (Å²) in [7, 11) is 3.16. The Kier molecular flexibility index (Phi) is 3.50. The van der Waals surface area contributed by atoms with Gasteiger partial charge in [-0.05, 0) is 13.3 Å². The molecule has 3 atom stereocenters. The highest BCUT2D eigenvalue weighted by Gasteiger charge is 2.44. The highest BCUT2D eigenvalue weighted by atomic mass is 16.7. The molecule has 1 heterocycles. The maximum atomic E-state index is 11.6. The molecule has 19 heavy (non-hydrogen) atoms. The summed E-state index contributed by atoms with van der Waals surface area (Å²) in [5.74, 6) is -1.40. The van der Waals surface area contributed by atoms with Crippen molar-refractivity contribution in [2.75, 3.05) is 14.1 Å². The molecule has 1 aliphatic carbocycles. The molecule has 6 heteroatoms. The number of hydrogen-bond donors (Lipinski definition) is 1. The highest BCUT2D eigenvalue weighted by molar-refractivity contribution is 5.87. The van der Waals surface area contributed by atoms with Crippen LogP contribution in [0.4, 0.5) is 4.79 Å². The summed E-state index contributed by atoms with van der Waals surface area (Å²) in [6, 6.07) is 0. The van der Waals surface area contributed by atoms with Crippen LogP contribution in [0.15, 0.2) is 23.5 Å². The van der Waals surface area contributed by atoms with Gasteiger partial charge in [0.2, 0.25) is 0 Å². The summed E-state index contributed by atoms with van der Waals surface area (Å²) in [5.41, 5.74) is 1.23. The van der Waals surface area contributed by atoms with E-state index >= 15 is 0 Å². The first-order chi connectivity index (χ1) is 8.91. The van der Waals surface area contributed by atoms with Crippen LogP contribution in [0.5, 0.6) is 0 Å². The van der Waals surface area contributed by atoms with Gasteiger partial charge in [0, 0.05) is 20.0 Å². The molecular weight excluding hydrogens is 250 g/mol. The lowest BCUT2D eigenvalue weighted by Crippen LogP contribution is -2.39. The number of rotatable bonds is 2. The van der Waals surface area contributed by atoms with Crippen LogP contribution in [-0.2, 0) is 14.3 Å². The van der Waals surface area contributed by atoms with Crippen molar-refractivity contribution < 1.29 is 24.2 Å². The lowest BCUT2D eigenvalue weighted by molar-refractivity contribution is -0.139. The lowest BCUT2D eigenvalue weighted by atomic mass is 9.84. The number of nitrogens with zero attached hydrogens (tertiary/aromatic N) is 1. The van der Waals surface area contributed by atoms with Gasteiger partial charge in [0.25, 0.3) is 6.29 Å². The Morgan fingerprint density at radius 3 is 2.74 bits per heavy atom. The summed E-state index contributed by atoms with van der Waals surface area (Å²) in [4.78, 5) is 24.1. The van der Waals surface area contributed by atoms with Gasteiger partial charge in [0.15, 0.2) is 0 Å². The Bertz CT molecular complexity index is 466. The van der Waals surface area contributed by atoms with Crippen molar-refractivity contribution >= 4 is 12.1 Å². The Morgan fingerprint density at radius 2 is 2.16 bits per heavy atom. The third-order valence-corrected chi connectivity index (χ3v) is 3.50. The fourth-order valence-corrected chi connectivity index (χ4v) is 2.46. The number of carboxylic acids is 1. The molecule has 104 valence electrons. The van der Waals surface area contributed by atoms with Crippen LogP contribution in [-0.4, -0.2) is 42.5 Å². The first-order valence-corrected chi connectivity index (χ1v) is 6.05. The fourth-order valence-electron chi connectivity index (χ4n) is 2.46. The van der Waals surface area contributed by atoms with Crippen molar-refractivity contribution in [2.45, 2.75) is 19.6 Å². The quantitative estimate of drug-likeness (QED) is 0.769. The predicted molar refractivity (Wildman–Crippen MR) is 66.1 cm³/mol. The predicted octanol–water partition coefficient (Wildman–Crippen LogP) is 1.59. The summed E-state index contributed by atoms with van der Waals surface area (Å²) >= 11 is 0. The Hall–Kier alpha value is -1.98. The lowest BCUT2D eigenvalue weighted by Gasteiger charge is -2.33.